The van der Waals surface area contributed by atoms with Crippen molar-refractivity contribution >= 4 is 15.9 Å². The number of ether oxygens (including phenoxy) is 1. The third-order valence-corrected chi connectivity index (χ3v) is 3.62. The van der Waals surface area contributed by atoms with E-state index in [0.717, 1.165) is 11.3 Å². The van der Waals surface area contributed by atoms with Gasteiger partial charge in [0.05, 0.1) is 17.6 Å². The van der Waals surface area contributed by atoms with E-state index in [2.05, 4.69) is 21.2 Å². The summed E-state index contributed by atoms with van der Waals surface area (Å²) in [6.45, 7) is 0. The third-order valence-electron chi connectivity index (χ3n) is 3.01. The van der Waals surface area contributed by atoms with Gasteiger partial charge in [-0.25, -0.2) is 4.39 Å². The van der Waals surface area contributed by atoms with E-state index in [9.17, 15) is 4.39 Å². The van der Waals surface area contributed by atoms with Gasteiger partial charge < -0.3 is 10.1 Å². The Balaban J connectivity index is 2.46. The Labute approximate surface area is 120 Å². The molecule has 2 aromatic rings. The normalized spacial score (nSPS) is 12.2. The van der Waals surface area contributed by atoms with Crippen LogP contribution in [0.2, 0.25) is 0 Å². The molecule has 2 nitrogen and oxygen atoms in total. The highest BCUT2D eigenvalue weighted by molar-refractivity contribution is 9.10. The topological polar surface area (TPSA) is 21.3 Å². The Morgan fingerprint density at radius 1 is 1.21 bits per heavy atom. The summed E-state index contributed by atoms with van der Waals surface area (Å²) in [5.74, 6) is 0.512. The lowest BCUT2D eigenvalue weighted by Crippen LogP contribution is -2.19. The molecule has 0 saturated heterocycles. The molecular formula is C15H15BrFNO. The molecule has 0 aliphatic rings. The molecule has 4 heteroatoms. The van der Waals surface area contributed by atoms with Crippen molar-refractivity contribution in [2.24, 2.45) is 0 Å². The van der Waals surface area contributed by atoms with E-state index < -0.39 is 0 Å². The number of hydrogen-bond acceptors (Lipinski definition) is 2. The van der Waals surface area contributed by atoms with Gasteiger partial charge in [0.1, 0.15) is 11.6 Å². The van der Waals surface area contributed by atoms with Crippen molar-refractivity contribution in [3.8, 4) is 5.75 Å². The molecule has 2 rings (SSSR count). The van der Waals surface area contributed by atoms with Crippen LogP contribution in [0.25, 0.3) is 0 Å². The Kier molecular flexibility index (Phi) is 4.56. The van der Waals surface area contributed by atoms with Crippen molar-refractivity contribution in [3.05, 3.63) is 63.9 Å². The summed E-state index contributed by atoms with van der Waals surface area (Å²) in [6, 6.07) is 12.7. The lowest BCUT2D eigenvalue weighted by Gasteiger charge is -2.19. The maximum Gasteiger partial charge on any atom is 0.142 e. The molecule has 1 unspecified atom stereocenters. The predicted octanol–water partition coefficient (Wildman–Crippen LogP) is 3.91. The minimum absolute atomic E-state index is 0.215. The van der Waals surface area contributed by atoms with Crippen molar-refractivity contribution < 1.29 is 9.13 Å². The molecular weight excluding hydrogens is 309 g/mol. The summed E-state index contributed by atoms with van der Waals surface area (Å²) in [7, 11) is 3.43. The van der Waals surface area contributed by atoms with E-state index >= 15 is 0 Å². The van der Waals surface area contributed by atoms with Crippen molar-refractivity contribution in [1.29, 1.82) is 0 Å². The SMILES string of the molecule is CNC(c1cccc(OC)c1)c1cccc(Br)c1F. The monoisotopic (exact) mass is 323 g/mol. The first kappa shape index (κ1) is 14.0. The first-order valence-corrected chi connectivity index (χ1v) is 6.71. The van der Waals surface area contributed by atoms with Crippen molar-refractivity contribution in [3.63, 3.8) is 0 Å². The maximum absolute atomic E-state index is 14.2. The third kappa shape index (κ3) is 2.96. The molecule has 0 aliphatic carbocycles. The average molecular weight is 324 g/mol. The predicted molar refractivity (Wildman–Crippen MR) is 78.0 cm³/mol. The van der Waals surface area contributed by atoms with Gasteiger partial charge in [0.15, 0.2) is 0 Å². The fraction of sp³-hybridized carbons (Fsp3) is 0.200. The van der Waals surface area contributed by atoms with Crippen LogP contribution in [0.1, 0.15) is 17.2 Å². The van der Waals surface area contributed by atoms with Crippen LogP contribution in [0.5, 0.6) is 5.75 Å². The van der Waals surface area contributed by atoms with Gasteiger partial charge in [0.25, 0.3) is 0 Å². The first-order chi connectivity index (χ1) is 9.17. The Morgan fingerprint density at radius 3 is 2.63 bits per heavy atom. The lowest BCUT2D eigenvalue weighted by atomic mass is 9.98. The molecule has 100 valence electrons. The van der Waals surface area contributed by atoms with E-state index in [0.29, 0.717) is 10.0 Å². The van der Waals surface area contributed by atoms with Crippen LogP contribution in [-0.2, 0) is 0 Å². The second-order valence-corrected chi connectivity index (χ2v) is 5.00. The fourth-order valence-electron chi connectivity index (χ4n) is 2.07. The average Bonchev–Trinajstić information content (AvgIpc) is 2.44. The molecule has 0 amide bonds. The van der Waals surface area contributed by atoms with Crippen LogP contribution < -0.4 is 10.1 Å². The summed E-state index contributed by atoms with van der Waals surface area (Å²) in [5.41, 5.74) is 1.56. The second kappa shape index (κ2) is 6.17. The Bertz CT molecular complexity index is 574. The number of methoxy groups -OCH3 is 1. The van der Waals surface area contributed by atoms with Crippen LogP contribution in [0.4, 0.5) is 4.39 Å². The quantitative estimate of drug-likeness (QED) is 0.921. The minimum Gasteiger partial charge on any atom is -0.497 e. The highest BCUT2D eigenvalue weighted by Gasteiger charge is 2.17. The molecule has 0 saturated carbocycles. The van der Waals surface area contributed by atoms with E-state index in [1.807, 2.05) is 37.4 Å². The number of nitrogens with one attached hydrogen (secondary N) is 1. The van der Waals surface area contributed by atoms with Crippen LogP contribution in [0, 0.1) is 5.82 Å². The molecule has 1 N–H and O–H groups in total. The lowest BCUT2D eigenvalue weighted by molar-refractivity contribution is 0.413. The highest BCUT2D eigenvalue weighted by atomic mass is 79.9. The molecule has 0 bridgehead atoms. The zero-order valence-electron chi connectivity index (χ0n) is 10.8. The summed E-state index contributed by atoms with van der Waals surface area (Å²) in [5, 5.41) is 3.14. The summed E-state index contributed by atoms with van der Waals surface area (Å²) in [4.78, 5) is 0. The van der Waals surface area contributed by atoms with Gasteiger partial charge in [-0.05, 0) is 46.7 Å². The number of benzene rings is 2. The van der Waals surface area contributed by atoms with Gasteiger partial charge in [-0.15, -0.1) is 0 Å². The minimum atomic E-state index is -0.246. The summed E-state index contributed by atoms with van der Waals surface area (Å²) < 4.78 is 19.9. The Morgan fingerprint density at radius 2 is 1.95 bits per heavy atom. The molecule has 0 fully saturated rings. The molecule has 0 spiro atoms. The van der Waals surface area contributed by atoms with Gasteiger partial charge in [-0.2, -0.15) is 0 Å². The Hall–Kier alpha value is -1.39. The van der Waals surface area contributed by atoms with Crippen LogP contribution in [-0.4, -0.2) is 14.2 Å². The molecule has 19 heavy (non-hydrogen) atoms. The van der Waals surface area contributed by atoms with Crippen LogP contribution >= 0.6 is 15.9 Å². The number of rotatable bonds is 4. The van der Waals surface area contributed by atoms with Gasteiger partial charge >= 0.3 is 0 Å². The van der Waals surface area contributed by atoms with E-state index in [4.69, 9.17) is 4.74 Å². The van der Waals surface area contributed by atoms with Crippen LogP contribution in [0.3, 0.4) is 0 Å². The molecule has 2 aromatic carbocycles. The second-order valence-electron chi connectivity index (χ2n) is 4.14. The smallest absolute Gasteiger partial charge is 0.142 e. The van der Waals surface area contributed by atoms with Crippen molar-refractivity contribution in [2.45, 2.75) is 6.04 Å². The highest BCUT2D eigenvalue weighted by Crippen LogP contribution is 2.29. The first-order valence-electron chi connectivity index (χ1n) is 5.92. The largest absolute Gasteiger partial charge is 0.497 e. The fourth-order valence-corrected chi connectivity index (χ4v) is 2.45. The van der Waals surface area contributed by atoms with E-state index in [-0.39, 0.29) is 11.9 Å². The zero-order valence-corrected chi connectivity index (χ0v) is 12.4. The molecule has 0 aromatic heterocycles. The van der Waals surface area contributed by atoms with E-state index in [1.165, 1.54) is 0 Å². The van der Waals surface area contributed by atoms with Crippen molar-refractivity contribution in [1.82, 2.24) is 5.32 Å². The summed E-state index contributed by atoms with van der Waals surface area (Å²) in [6.07, 6.45) is 0. The molecule has 0 aliphatic heterocycles. The number of hydrogen-bond donors (Lipinski definition) is 1. The van der Waals surface area contributed by atoms with Crippen molar-refractivity contribution in [2.75, 3.05) is 14.2 Å². The van der Waals surface area contributed by atoms with E-state index in [1.54, 1.807) is 19.2 Å². The standard InChI is InChI=1S/C15H15BrFNO/c1-18-15(10-5-3-6-11(9-10)19-2)12-7-4-8-13(16)14(12)17/h3-9,15,18H,1-2H3. The van der Waals surface area contributed by atoms with Gasteiger partial charge in [-0.3, -0.25) is 0 Å². The molecule has 1 atom stereocenters. The molecule has 0 radical (unpaired) electrons. The van der Waals surface area contributed by atoms with Gasteiger partial charge in [0.2, 0.25) is 0 Å². The maximum atomic E-state index is 14.2. The molecule has 0 heterocycles. The van der Waals surface area contributed by atoms with Gasteiger partial charge in [0, 0.05) is 5.56 Å². The zero-order chi connectivity index (χ0) is 13.8. The summed E-state index contributed by atoms with van der Waals surface area (Å²) >= 11 is 3.22. The van der Waals surface area contributed by atoms with Crippen LogP contribution in [0.15, 0.2) is 46.9 Å². The van der Waals surface area contributed by atoms with Gasteiger partial charge in [-0.1, -0.05) is 24.3 Å². The number of halogens is 2.